The number of aromatic amines is 1. The Bertz CT molecular complexity index is 1030. The molecule has 1 unspecified atom stereocenters. The molecule has 2 aromatic carbocycles. The van der Waals surface area contributed by atoms with E-state index in [-0.39, 0.29) is 10.8 Å². The van der Waals surface area contributed by atoms with Gasteiger partial charge in [0.1, 0.15) is 6.04 Å². The van der Waals surface area contributed by atoms with Crippen LogP contribution in [-0.4, -0.2) is 41.2 Å². The van der Waals surface area contributed by atoms with Crippen LogP contribution in [0.25, 0.3) is 11.0 Å². The van der Waals surface area contributed by atoms with Crippen LogP contribution in [0.1, 0.15) is 19.3 Å². The number of H-pyrrole nitrogens is 1. The smallest absolute Gasteiger partial charge is 0.245 e. The van der Waals surface area contributed by atoms with Gasteiger partial charge in [-0.2, -0.15) is 4.31 Å². The molecule has 1 amide bonds. The highest BCUT2D eigenvalue weighted by atomic mass is 32.2. The molecule has 1 saturated heterocycles. The molecule has 0 bridgehead atoms. The summed E-state index contributed by atoms with van der Waals surface area (Å²) in [6.07, 6.45) is 2.03. The summed E-state index contributed by atoms with van der Waals surface area (Å²) in [5.41, 5.74) is 1.55. The van der Waals surface area contributed by atoms with Gasteiger partial charge in [-0.3, -0.25) is 10.1 Å². The topological polar surface area (TPSA) is 95.2 Å². The van der Waals surface area contributed by atoms with Crippen molar-refractivity contribution in [3.8, 4) is 0 Å². The lowest BCUT2D eigenvalue weighted by Gasteiger charge is -2.33. The number of sulfonamides is 1. The van der Waals surface area contributed by atoms with Crippen molar-refractivity contribution in [1.29, 1.82) is 0 Å². The number of hydrogen-bond donors (Lipinski definition) is 2. The monoisotopic (exact) mass is 384 g/mol. The van der Waals surface area contributed by atoms with Gasteiger partial charge in [0, 0.05) is 6.54 Å². The van der Waals surface area contributed by atoms with Crippen molar-refractivity contribution in [2.45, 2.75) is 30.2 Å². The Morgan fingerprint density at radius 2 is 1.81 bits per heavy atom. The summed E-state index contributed by atoms with van der Waals surface area (Å²) in [6.45, 7) is 0.329. The maximum atomic E-state index is 13.0. The molecular weight excluding hydrogens is 364 g/mol. The Hall–Kier alpha value is -2.71. The fraction of sp³-hybridized carbons (Fsp3) is 0.263. The molecule has 0 radical (unpaired) electrons. The van der Waals surface area contributed by atoms with Crippen LogP contribution in [0.5, 0.6) is 0 Å². The highest BCUT2D eigenvalue weighted by Crippen LogP contribution is 2.26. The van der Waals surface area contributed by atoms with Crippen molar-refractivity contribution in [3.63, 3.8) is 0 Å². The van der Waals surface area contributed by atoms with Gasteiger partial charge in [-0.1, -0.05) is 36.8 Å². The zero-order valence-corrected chi connectivity index (χ0v) is 15.4. The summed E-state index contributed by atoms with van der Waals surface area (Å²) >= 11 is 0. The number of hydrogen-bond acceptors (Lipinski definition) is 4. The van der Waals surface area contributed by atoms with Gasteiger partial charge in [-0.15, -0.1) is 0 Å². The Labute approximate surface area is 157 Å². The maximum absolute atomic E-state index is 13.0. The van der Waals surface area contributed by atoms with Gasteiger partial charge in [0.15, 0.2) is 0 Å². The summed E-state index contributed by atoms with van der Waals surface area (Å²) < 4.78 is 27.3. The molecule has 4 rings (SSSR count). The molecule has 3 aromatic rings. The predicted octanol–water partition coefficient (Wildman–Crippen LogP) is 2.74. The third-order valence-electron chi connectivity index (χ3n) is 4.74. The van der Waals surface area contributed by atoms with Crippen molar-refractivity contribution >= 4 is 32.9 Å². The van der Waals surface area contributed by atoms with Crippen LogP contribution in [-0.2, 0) is 14.8 Å². The molecule has 27 heavy (non-hydrogen) atoms. The fourth-order valence-corrected chi connectivity index (χ4v) is 5.07. The molecule has 1 aliphatic heterocycles. The normalized spacial score (nSPS) is 18.4. The third-order valence-corrected chi connectivity index (χ3v) is 6.66. The minimum atomic E-state index is -3.73. The Morgan fingerprint density at radius 1 is 1.07 bits per heavy atom. The Morgan fingerprint density at radius 3 is 2.59 bits per heavy atom. The molecule has 0 spiro atoms. The molecule has 140 valence electrons. The first-order valence-electron chi connectivity index (χ1n) is 8.88. The van der Waals surface area contributed by atoms with Crippen molar-refractivity contribution < 1.29 is 13.2 Å². The SMILES string of the molecule is O=C(Nc1nc2ccccc2[nH]1)C1CCCCN1S(=O)(=O)c1ccccc1. The second kappa shape index (κ2) is 7.13. The number of benzene rings is 2. The third kappa shape index (κ3) is 3.45. The number of imidazole rings is 1. The van der Waals surface area contributed by atoms with Crippen LogP contribution in [0, 0.1) is 0 Å². The number of rotatable bonds is 4. The molecule has 0 saturated carbocycles. The lowest BCUT2D eigenvalue weighted by atomic mass is 10.0. The Kier molecular flexibility index (Phi) is 4.67. The zero-order valence-electron chi connectivity index (χ0n) is 14.6. The van der Waals surface area contributed by atoms with E-state index in [1.165, 1.54) is 4.31 Å². The number of nitrogens with one attached hydrogen (secondary N) is 2. The van der Waals surface area contributed by atoms with E-state index in [0.717, 1.165) is 23.9 Å². The lowest BCUT2D eigenvalue weighted by molar-refractivity contribution is -0.120. The van der Waals surface area contributed by atoms with E-state index in [1.807, 2.05) is 24.3 Å². The first-order valence-corrected chi connectivity index (χ1v) is 10.3. The second-order valence-electron chi connectivity index (χ2n) is 6.53. The first kappa shape index (κ1) is 17.7. The molecule has 1 aromatic heterocycles. The van der Waals surface area contributed by atoms with E-state index >= 15 is 0 Å². The molecule has 2 heterocycles. The average molecular weight is 384 g/mol. The summed E-state index contributed by atoms with van der Waals surface area (Å²) in [4.78, 5) is 20.4. The van der Waals surface area contributed by atoms with E-state index in [0.29, 0.717) is 18.9 Å². The van der Waals surface area contributed by atoms with Crippen molar-refractivity contribution in [3.05, 3.63) is 54.6 Å². The van der Waals surface area contributed by atoms with Crippen molar-refractivity contribution in [2.75, 3.05) is 11.9 Å². The van der Waals surface area contributed by atoms with E-state index in [4.69, 9.17) is 0 Å². The molecule has 1 atom stereocenters. The highest BCUT2D eigenvalue weighted by molar-refractivity contribution is 7.89. The number of nitrogens with zero attached hydrogens (tertiary/aromatic N) is 2. The number of aromatic nitrogens is 2. The summed E-state index contributed by atoms with van der Waals surface area (Å²) in [5.74, 6) is -0.0444. The quantitative estimate of drug-likeness (QED) is 0.723. The molecule has 1 aliphatic rings. The average Bonchev–Trinajstić information content (AvgIpc) is 3.11. The van der Waals surface area contributed by atoms with Crippen molar-refractivity contribution in [2.24, 2.45) is 0 Å². The number of anilines is 1. The standard InChI is InChI=1S/C19H20N4O3S/c24-18(22-19-20-15-10-4-5-11-16(15)21-19)17-12-6-7-13-23(17)27(25,26)14-8-2-1-3-9-14/h1-5,8-11,17H,6-7,12-13H2,(H2,20,21,22,24). The Balaban J connectivity index is 1.59. The van der Waals surface area contributed by atoms with Gasteiger partial charge in [-0.25, -0.2) is 13.4 Å². The first-order chi connectivity index (χ1) is 13.1. The number of fused-ring (bicyclic) bond motifs is 1. The van der Waals surface area contributed by atoms with Gasteiger partial charge in [0.2, 0.25) is 21.9 Å². The van der Waals surface area contributed by atoms with Gasteiger partial charge in [0.05, 0.1) is 15.9 Å². The fourth-order valence-electron chi connectivity index (χ4n) is 3.39. The molecule has 8 heteroatoms. The van der Waals surface area contributed by atoms with Gasteiger partial charge in [-0.05, 0) is 37.1 Å². The number of amides is 1. The summed E-state index contributed by atoms with van der Waals surface area (Å²) in [7, 11) is -3.73. The van der Waals surface area contributed by atoms with Crippen LogP contribution >= 0.6 is 0 Å². The predicted molar refractivity (Wildman–Crippen MR) is 103 cm³/mol. The van der Waals surface area contributed by atoms with Crippen LogP contribution in [0.2, 0.25) is 0 Å². The van der Waals surface area contributed by atoms with Gasteiger partial charge < -0.3 is 4.98 Å². The number of piperidine rings is 1. The van der Waals surface area contributed by atoms with Crippen LogP contribution in [0.3, 0.4) is 0 Å². The second-order valence-corrected chi connectivity index (χ2v) is 8.42. The summed E-state index contributed by atoms with van der Waals surface area (Å²) in [5, 5.41) is 2.74. The lowest BCUT2D eigenvalue weighted by Crippen LogP contribution is -2.49. The van der Waals surface area contributed by atoms with Crippen LogP contribution in [0.15, 0.2) is 59.5 Å². The number of para-hydroxylation sites is 2. The minimum absolute atomic E-state index is 0.202. The van der Waals surface area contributed by atoms with Crippen LogP contribution < -0.4 is 5.32 Å². The maximum Gasteiger partial charge on any atom is 0.245 e. The molecule has 2 N–H and O–H groups in total. The molecule has 7 nitrogen and oxygen atoms in total. The van der Waals surface area contributed by atoms with E-state index in [9.17, 15) is 13.2 Å². The van der Waals surface area contributed by atoms with Crippen LogP contribution in [0.4, 0.5) is 5.95 Å². The number of carbonyl (C=O) groups excluding carboxylic acids is 1. The summed E-state index contributed by atoms with van der Waals surface area (Å²) in [6, 6.07) is 14.9. The number of carbonyl (C=O) groups is 1. The molecular formula is C19H20N4O3S. The molecule has 0 aliphatic carbocycles. The zero-order chi connectivity index (χ0) is 18.9. The highest BCUT2D eigenvalue weighted by Gasteiger charge is 2.37. The van der Waals surface area contributed by atoms with Crippen molar-refractivity contribution in [1.82, 2.24) is 14.3 Å². The molecule has 1 fully saturated rings. The largest absolute Gasteiger partial charge is 0.324 e. The van der Waals surface area contributed by atoms with E-state index in [1.54, 1.807) is 30.3 Å². The van der Waals surface area contributed by atoms with E-state index < -0.39 is 16.1 Å². The van der Waals surface area contributed by atoms with E-state index in [2.05, 4.69) is 15.3 Å². The minimum Gasteiger partial charge on any atom is -0.324 e. The van der Waals surface area contributed by atoms with Gasteiger partial charge >= 0.3 is 0 Å². The van der Waals surface area contributed by atoms with Gasteiger partial charge in [0.25, 0.3) is 0 Å².